The summed E-state index contributed by atoms with van der Waals surface area (Å²) in [6.07, 6.45) is 0. The summed E-state index contributed by atoms with van der Waals surface area (Å²) in [6.45, 7) is 6.82. The Labute approximate surface area is 218 Å². The number of hydrogen-bond donors (Lipinski definition) is 2. The second kappa shape index (κ2) is 11.0. The molecule has 1 saturated heterocycles. The molecular weight excluding hydrogens is 515 g/mol. The number of hydrogen-bond acceptors (Lipinski definition) is 5. The number of piperazine rings is 1. The molecule has 10 heteroatoms. The summed E-state index contributed by atoms with van der Waals surface area (Å²) in [7, 11) is 0. The van der Waals surface area contributed by atoms with E-state index in [1.807, 2.05) is 18.2 Å². The first-order valence-corrected chi connectivity index (χ1v) is 12.3. The summed E-state index contributed by atoms with van der Waals surface area (Å²) in [5.41, 5.74) is 2.32. The van der Waals surface area contributed by atoms with Crippen molar-refractivity contribution in [3.05, 3.63) is 69.4 Å². The molecule has 4 rings (SSSR count). The van der Waals surface area contributed by atoms with Gasteiger partial charge in [-0.05, 0) is 61.2 Å². The van der Waals surface area contributed by atoms with Crippen LogP contribution in [0.4, 0.5) is 11.4 Å². The molecule has 0 radical (unpaired) electrons. The number of benzene rings is 2. The van der Waals surface area contributed by atoms with Crippen LogP contribution in [0.25, 0.3) is 11.3 Å². The molecule has 0 atom stereocenters. The average molecular weight is 538 g/mol. The Hall–Kier alpha value is -2.29. The Morgan fingerprint density at radius 1 is 1.00 bits per heavy atom. The van der Waals surface area contributed by atoms with Crippen LogP contribution in [0.15, 0.2) is 52.9 Å². The predicted molar refractivity (Wildman–Crippen MR) is 144 cm³/mol. The number of furan rings is 1. The molecule has 6 nitrogen and oxygen atoms in total. The van der Waals surface area contributed by atoms with Gasteiger partial charge < -0.3 is 19.5 Å². The minimum Gasteiger partial charge on any atom is -0.451 e. The zero-order valence-corrected chi connectivity index (χ0v) is 21.5. The van der Waals surface area contributed by atoms with E-state index in [9.17, 15) is 4.79 Å². The topological polar surface area (TPSA) is 60.8 Å². The smallest absolute Gasteiger partial charge is 0.293 e. The second-order valence-electron chi connectivity index (χ2n) is 7.76. The minimum absolute atomic E-state index is 0.118. The van der Waals surface area contributed by atoms with Gasteiger partial charge in [0.1, 0.15) is 5.76 Å². The number of rotatable bonds is 5. The summed E-state index contributed by atoms with van der Waals surface area (Å²) in [4.78, 5) is 17.3. The Bertz CT molecular complexity index is 1210. The van der Waals surface area contributed by atoms with Crippen molar-refractivity contribution >= 4 is 69.4 Å². The van der Waals surface area contributed by atoms with Crippen molar-refractivity contribution in [2.45, 2.75) is 6.92 Å². The molecule has 2 aromatic carbocycles. The van der Waals surface area contributed by atoms with Crippen molar-refractivity contribution in [3.8, 4) is 11.3 Å². The van der Waals surface area contributed by atoms with E-state index in [1.54, 1.807) is 30.3 Å². The highest BCUT2D eigenvalue weighted by atomic mass is 35.5. The normalized spacial score (nSPS) is 14.2. The first-order chi connectivity index (χ1) is 16.4. The fourth-order valence-electron chi connectivity index (χ4n) is 3.81. The molecule has 2 N–H and O–H groups in total. The molecular formula is C24H23Cl3N4O2S. The monoisotopic (exact) mass is 536 g/mol. The molecule has 0 bridgehead atoms. The average Bonchev–Trinajstić information content (AvgIpc) is 3.32. The molecule has 1 aliphatic heterocycles. The summed E-state index contributed by atoms with van der Waals surface area (Å²) < 4.78 is 5.70. The minimum atomic E-state index is -0.469. The van der Waals surface area contributed by atoms with Crippen LogP contribution >= 0.6 is 47.0 Å². The molecule has 0 aliphatic carbocycles. The number of anilines is 2. The predicted octanol–water partition coefficient (Wildman–Crippen LogP) is 6.18. The number of thiocarbonyl (C=S) groups is 1. The maximum absolute atomic E-state index is 12.7. The van der Waals surface area contributed by atoms with Gasteiger partial charge in [0.2, 0.25) is 0 Å². The van der Waals surface area contributed by atoms with E-state index in [4.69, 9.17) is 51.4 Å². The van der Waals surface area contributed by atoms with Gasteiger partial charge in [-0.25, -0.2) is 0 Å². The summed E-state index contributed by atoms with van der Waals surface area (Å²) in [5, 5.41) is 7.40. The van der Waals surface area contributed by atoms with Crippen LogP contribution in [0.2, 0.25) is 15.1 Å². The lowest BCUT2D eigenvalue weighted by molar-refractivity contribution is 0.0951. The van der Waals surface area contributed by atoms with E-state index < -0.39 is 5.91 Å². The maximum atomic E-state index is 12.7. The Kier molecular flexibility index (Phi) is 8.01. The van der Waals surface area contributed by atoms with Crippen molar-refractivity contribution < 1.29 is 9.21 Å². The van der Waals surface area contributed by atoms with Gasteiger partial charge in [0.25, 0.3) is 5.91 Å². The number of para-hydroxylation sites is 1. The van der Waals surface area contributed by atoms with Gasteiger partial charge in [0.05, 0.1) is 26.4 Å². The molecule has 0 saturated carbocycles. The van der Waals surface area contributed by atoms with Gasteiger partial charge in [-0.15, -0.1) is 0 Å². The van der Waals surface area contributed by atoms with Crippen LogP contribution < -0.4 is 15.5 Å². The summed E-state index contributed by atoms with van der Waals surface area (Å²) in [5.74, 6) is 0.141. The fourth-order valence-corrected chi connectivity index (χ4v) is 4.60. The Morgan fingerprint density at radius 3 is 2.47 bits per heavy atom. The van der Waals surface area contributed by atoms with E-state index in [0.29, 0.717) is 26.4 Å². The third-order valence-corrected chi connectivity index (χ3v) is 6.88. The van der Waals surface area contributed by atoms with Gasteiger partial charge in [-0.3, -0.25) is 10.1 Å². The Balaban J connectivity index is 1.43. The lowest BCUT2D eigenvalue weighted by Crippen LogP contribution is -2.46. The van der Waals surface area contributed by atoms with E-state index in [2.05, 4.69) is 27.4 Å². The van der Waals surface area contributed by atoms with Gasteiger partial charge in [0, 0.05) is 31.7 Å². The molecule has 1 amide bonds. The van der Waals surface area contributed by atoms with Crippen LogP contribution in [0, 0.1) is 0 Å². The number of nitrogens with zero attached hydrogens (tertiary/aromatic N) is 2. The molecule has 1 aromatic heterocycles. The first-order valence-electron chi connectivity index (χ1n) is 10.8. The van der Waals surface area contributed by atoms with Crippen LogP contribution in [-0.4, -0.2) is 48.6 Å². The summed E-state index contributed by atoms with van der Waals surface area (Å²) >= 11 is 24.0. The standard InChI is InChI=1S/C24H23Cl3N4O2S/c1-2-30-10-12-31(13-11-30)22-17(26)4-3-5-19(22)28-24(34)29-23(32)21-9-8-20(33-21)15-6-7-16(25)18(27)14-15/h3-9,14H,2,10-13H2,1H3,(H2,28,29,32,34). The van der Waals surface area contributed by atoms with Gasteiger partial charge in [-0.2, -0.15) is 0 Å². The molecule has 0 spiro atoms. The largest absolute Gasteiger partial charge is 0.451 e. The first kappa shape index (κ1) is 24.8. The van der Waals surface area contributed by atoms with E-state index in [1.165, 1.54) is 0 Å². The van der Waals surface area contributed by atoms with Gasteiger partial charge in [0.15, 0.2) is 10.9 Å². The van der Waals surface area contributed by atoms with Crippen molar-refractivity contribution in [3.63, 3.8) is 0 Å². The van der Waals surface area contributed by atoms with Crippen molar-refractivity contribution in [2.24, 2.45) is 0 Å². The molecule has 1 fully saturated rings. The highest BCUT2D eigenvalue weighted by Crippen LogP contribution is 2.35. The molecule has 3 aromatic rings. The van der Waals surface area contributed by atoms with Gasteiger partial charge >= 0.3 is 0 Å². The van der Waals surface area contributed by atoms with Crippen LogP contribution in [-0.2, 0) is 0 Å². The highest BCUT2D eigenvalue weighted by molar-refractivity contribution is 7.80. The quantitative estimate of drug-likeness (QED) is 0.379. The third-order valence-electron chi connectivity index (χ3n) is 5.63. The van der Waals surface area contributed by atoms with Crippen LogP contribution in [0.1, 0.15) is 17.5 Å². The van der Waals surface area contributed by atoms with Crippen LogP contribution in [0.5, 0.6) is 0 Å². The third kappa shape index (κ3) is 5.67. The van der Waals surface area contributed by atoms with Crippen molar-refractivity contribution in [1.82, 2.24) is 10.2 Å². The molecule has 34 heavy (non-hydrogen) atoms. The van der Waals surface area contributed by atoms with Crippen molar-refractivity contribution in [1.29, 1.82) is 0 Å². The van der Waals surface area contributed by atoms with E-state index in [0.717, 1.165) is 44.1 Å². The molecule has 1 aliphatic rings. The molecule has 178 valence electrons. The second-order valence-corrected chi connectivity index (χ2v) is 9.39. The fraction of sp³-hybridized carbons (Fsp3) is 0.250. The lowest BCUT2D eigenvalue weighted by Gasteiger charge is -2.37. The number of carbonyl (C=O) groups excluding carboxylic acids is 1. The number of halogens is 3. The molecule has 0 unspecified atom stereocenters. The van der Waals surface area contributed by atoms with Crippen LogP contribution in [0.3, 0.4) is 0 Å². The number of likely N-dealkylation sites (N-methyl/N-ethyl adjacent to an activating group) is 1. The number of carbonyl (C=O) groups is 1. The maximum Gasteiger partial charge on any atom is 0.293 e. The lowest BCUT2D eigenvalue weighted by atomic mass is 10.2. The van der Waals surface area contributed by atoms with Gasteiger partial charge in [-0.1, -0.05) is 47.8 Å². The zero-order chi connectivity index (χ0) is 24.2. The number of amides is 1. The zero-order valence-electron chi connectivity index (χ0n) is 18.4. The van der Waals surface area contributed by atoms with E-state index >= 15 is 0 Å². The van der Waals surface area contributed by atoms with Crippen molar-refractivity contribution in [2.75, 3.05) is 42.9 Å². The van der Waals surface area contributed by atoms with E-state index in [-0.39, 0.29) is 10.9 Å². The molecule has 2 heterocycles. The Morgan fingerprint density at radius 2 is 1.76 bits per heavy atom. The highest BCUT2D eigenvalue weighted by Gasteiger charge is 2.22. The summed E-state index contributed by atoms with van der Waals surface area (Å²) in [6, 6.07) is 14.0. The number of nitrogens with one attached hydrogen (secondary N) is 2. The SMILES string of the molecule is CCN1CCN(c2c(Cl)cccc2NC(=S)NC(=O)c2ccc(-c3ccc(Cl)c(Cl)c3)o2)CC1.